The van der Waals surface area contributed by atoms with Crippen LogP contribution in [0.4, 0.5) is 0 Å². The van der Waals surface area contributed by atoms with Gasteiger partial charge in [0.1, 0.15) is 0 Å². The Morgan fingerprint density at radius 3 is 2.50 bits per heavy atom. The summed E-state index contributed by atoms with van der Waals surface area (Å²) in [5.41, 5.74) is 7.35. The number of aromatic nitrogens is 2. The van der Waals surface area contributed by atoms with Crippen molar-refractivity contribution in [2.75, 3.05) is 0 Å². The number of nitrogens with zero attached hydrogens (tertiary/aromatic N) is 3. The monoisotopic (exact) mass is 268 g/mol. The van der Waals surface area contributed by atoms with Gasteiger partial charge in [0, 0.05) is 5.56 Å². The van der Waals surface area contributed by atoms with E-state index < -0.39 is 5.54 Å². The molecule has 0 amide bonds. The lowest BCUT2D eigenvalue weighted by atomic mass is 9.82. The molecule has 0 aliphatic heterocycles. The maximum absolute atomic E-state index is 8.79. The summed E-state index contributed by atoms with van der Waals surface area (Å²) >= 11 is 0. The van der Waals surface area contributed by atoms with E-state index in [0.717, 1.165) is 31.2 Å². The second-order valence-corrected chi connectivity index (χ2v) is 5.33. The predicted molar refractivity (Wildman–Crippen MR) is 73.4 cm³/mol. The van der Waals surface area contributed by atoms with Crippen LogP contribution >= 0.6 is 0 Å². The van der Waals surface area contributed by atoms with Crippen molar-refractivity contribution in [3.63, 3.8) is 0 Å². The summed E-state index contributed by atoms with van der Waals surface area (Å²) in [6, 6.07) is 9.16. The molecule has 3 rings (SSSR count). The number of nitriles is 1. The summed E-state index contributed by atoms with van der Waals surface area (Å²) in [6.45, 7) is 0. The first-order valence-electron chi connectivity index (χ1n) is 6.85. The average molecular weight is 268 g/mol. The molecule has 1 aromatic heterocycles. The van der Waals surface area contributed by atoms with Gasteiger partial charge in [0.05, 0.1) is 17.2 Å². The minimum Gasteiger partial charge on any atom is -0.334 e. The zero-order valence-corrected chi connectivity index (χ0v) is 11.2. The minimum atomic E-state index is -0.452. The third kappa shape index (κ3) is 2.30. The van der Waals surface area contributed by atoms with Gasteiger partial charge in [0.25, 0.3) is 5.89 Å². The summed E-state index contributed by atoms with van der Waals surface area (Å²) in [6.07, 6.45) is 5.24. The lowest BCUT2D eigenvalue weighted by Crippen LogP contribution is -2.39. The Morgan fingerprint density at radius 2 is 1.85 bits per heavy atom. The summed E-state index contributed by atoms with van der Waals surface area (Å²) < 4.78 is 5.32. The molecular formula is C15H16N4O. The number of benzene rings is 1. The van der Waals surface area contributed by atoms with Gasteiger partial charge in [-0.3, -0.25) is 0 Å². The van der Waals surface area contributed by atoms with E-state index in [-0.39, 0.29) is 0 Å². The van der Waals surface area contributed by atoms with E-state index in [1.54, 1.807) is 24.3 Å². The second-order valence-electron chi connectivity index (χ2n) is 5.33. The molecule has 0 radical (unpaired) electrons. The first-order valence-corrected chi connectivity index (χ1v) is 6.85. The van der Waals surface area contributed by atoms with E-state index in [9.17, 15) is 0 Å². The summed E-state index contributed by atoms with van der Waals surface area (Å²) in [5.74, 6) is 1.05. The lowest BCUT2D eigenvalue weighted by Gasteiger charge is -2.29. The number of rotatable bonds is 2. The van der Waals surface area contributed by atoms with Crippen molar-refractivity contribution in [3.8, 4) is 17.5 Å². The van der Waals surface area contributed by atoms with Gasteiger partial charge in [0.2, 0.25) is 0 Å². The Balaban J connectivity index is 1.87. The van der Waals surface area contributed by atoms with Crippen LogP contribution in [-0.4, -0.2) is 10.1 Å². The van der Waals surface area contributed by atoms with E-state index in [1.165, 1.54) is 6.42 Å². The summed E-state index contributed by atoms with van der Waals surface area (Å²) in [4.78, 5) is 4.45. The van der Waals surface area contributed by atoms with Crippen molar-refractivity contribution in [2.24, 2.45) is 5.73 Å². The predicted octanol–water partition coefficient (Wildman–Crippen LogP) is 2.73. The van der Waals surface area contributed by atoms with Crippen LogP contribution in [0.1, 0.15) is 43.5 Å². The highest BCUT2D eigenvalue weighted by molar-refractivity contribution is 5.54. The summed E-state index contributed by atoms with van der Waals surface area (Å²) in [5, 5.41) is 12.8. The van der Waals surface area contributed by atoms with Gasteiger partial charge in [-0.05, 0) is 37.1 Å². The fourth-order valence-electron chi connectivity index (χ4n) is 2.64. The number of hydrogen-bond donors (Lipinski definition) is 1. The molecule has 2 N–H and O–H groups in total. The van der Waals surface area contributed by atoms with Gasteiger partial charge in [-0.15, -0.1) is 0 Å². The van der Waals surface area contributed by atoms with E-state index in [1.807, 2.05) is 0 Å². The quantitative estimate of drug-likeness (QED) is 0.904. The topological polar surface area (TPSA) is 88.7 Å². The van der Waals surface area contributed by atoms with Crippen LogP contribution in [0.15, 0.2) is 28.8 Å². The van der Waals surface area contributed by atoms with E-state index in [4.69, 9.17) is 15.5 Å². The van der Waals surface area contributed by atoms with Gasteiger partial charge in [-0.2, -0.15) is 10.2 Å². The Kier molecular flexibility index (Phi) is 3.25. The molecule has 2 aromatic rings. The Morgan fingerprint density at radius 1 is 1.15 bits per heavy atom. The molecule has 1 aromatic carbocycles. The molecule has 0 atom stereocenters. The standard InChI is InChI=1S/C15H16N4O/c16-10-11-4-6-12(7-5-11)13-18-14(19-20-13)15(17)8-2-1-3-9-15/h4-7H,1-3,8-9,17H2. The van der Waals surface area contributed by atoms with E-state index >= 15 is 0 Å². The van der Waals surface area contributed by atoms with Crippen molar-refractivity contribution in [1.82, 2.24) is 10.1 Å². The highest BCUT2D eigenvalue weighted by atomic mass is 16.5. The second kappa shape index (κ2) is 5.06. The van der Waals surface area contributed by atoms with Crippen LogP contribution < -0.4 is 5.73 Å². The zero-order chi connectivity index (χ0) is 14.0. The number of nitrogens with two attached hydrogens (primary N) is 1. The van der Waals surface area contributed by atoms with Crippen molar-refractivity contribution in [2.45, 2.75) is 37.6 Å². The largest absolute Gasteiger partial charge is 0.334 e. The van der Waals surface area contributed by atoms with Crippen LogP contribution in [0, 0.1) is 11.3 Å². The van der Waals surface area contributed by atoms with Gasteiger partial charge >= 0.3 is 0 Å². The molecule has 1 fully saturated rings. The molecule has 1 aliphatic rings. The molecule has 1 heterocycles. The van der Waals surface area contributed by atoms with Crippen LogP contribution in [0.5, 0.6) is 0 Å². The molecule has 1 aliphatic carbocycles. The molecule has 5 heteroatoms. The molecule has 0 bridgehead atoms. The Bertz CT molecular complexity index is 633. The SMILES string of the molecule is N#Cc1ccc(-c2nc(C3(N)CCCCC3)no2)cc1. The smallest absolute Gasteiger partial charge is 0.257 e. The maximum atomic E-state index is 8.79. The molecule has 102 valence electrons. The fraction of sp³-hybridized carbons (Fsp3) is 0.400. The van der Waals surface area contributed by atoms with Gasteiger partial charge < -0.3 is 10.3 Å². The molecule has 0 unspecified atom stereocenters. The Labute approximate surface area is 117 Å². The van der Waals surface area contributed by atoms with Gasteiger partial charge in [-0.25, -0.2) is 0 Å². The van der Waals surface area contributed by atoms with E-state index in [2.05, 4.69) is 16.2 Å². The molecule has 0 spiro atoms. The van der Waals surface area contributed by atoms with Gasteiger partial charge in [0.15, 0.2) is 5.82 Å². The third-order valence-electron chi connectivity index (χ3n) is 3.88. The zero-order valence-electron chi connectivity index (χ0n) is 11.2. The van der Waals surface area contributed by atoms with Crippen LogP contribution in [0.2, 0.25) is 0 Å². The highest BCUT2D eigenvalue weighted by Gasteiger charge is 2.34. The molecule has 20 heavy (non-hydrogen) atoms. The average Bonchev–Trinajstić information content (AvgIpc) is 2.99. The van der Waals surface area contributed by atoms with Crippen LogP contribution in [0.25, 0.3) is 11.5 Å². The van der Waals surface area contributed by atoms with Crippen molar-refractivity contribution in [1.29, 1.82) is 5.26 Å². The molecule has 0 saturated heterocycles. The summed E-state index contributed by atoms with van der Waals surface area (Å²) in [7, 11) is 0. The van der Waals surface area contributed by atoms with Crippen molar-refractivity contribution in [3.05, 3.63) is 35.7 Å². The van der Waals surface area contributed by atoms with Crippen LogP contribution in [0.3, 0.4) is 0 Å². The van der Waals surface area contributed by atoms with Crippen LogP contribution in [-0.2, 0) is 5.54 Å². The fourth-order valence-corrected chi connectivity index (χ4v) is 2.64. The molecule has 1 saturated carbocycles. The first kappa shape index (κ1) is 12.8. The number of hydrogen-bond acceptors (Lipinski definition) is 5. The first-order chi connectivity index (χ1) is 9.71. The normalized spacial score (nSPS) is 17.6. The maximum Gasteiger partial charge on any atom is 0.257 e. The van der Waals surface area contributed by atoms with Gasteiger partial charge in [-0.1, -0.05) is 24.4 Å². The highest BCUT2D eigenvalue weighted by Crippen LogP contribution is 2.34. The third-order valence-corrected chi connectivity index (χ3v) is 3.88. The van der Waals surface area contributed by atoms with Crippen molar-refractivity contribution < 1.29 is 4.52 Å². The molecular weight excluding hydrogens is 252 g/mol. The van der Waals surface area contributed by atoms with E-state index in [0.29, 0.717) is 17.3 Å². The molecule has 5 nitrogen and oxygen atoms in total. The lowest BCUT2D eigenvalue weighted by molar-refractivity contribution is 0.275. The van der Waals surface area contributed by atoms with Crippen molar-refractivity contribution >= 4 is 0 Å². The Hall–Kier alpha value is -2.19. The minimum absolute atomic E-state index is 0.452.